The van der Waals surface area contributed by atoms with Gasteiger partial charge in [0.25, 0.3) is 0 Å². The van der Waals surface area contributed by atoms with Crippen LogP contribution in [0.4, 0.5) is 5.69 Å². The van der Waals surface area contributed by atoms with Crippen molar-refractivity contribution in [1.29, 1.82) is 0 Å². The van der Waals surface area contributed by atoms with Crippen LogP contribution in [0, 0.1) is 0 Å². The lowest BCUT2D eigenvalue weighted by molar-refractivity contribution is -0.126. The minimum Gasteiger partial charge on any atom is -0.494 e. The summed E-state index contributed by atoms with van der Waals surface area (Å²) in [7, 11) is 0. The average Bonchev–Trinajstić information content (AvgIpc) is 2.65. The van der Waals surface area contributed by atoms with Crippen molar-refractivity contribution >= 4 is 23.7 Å². The van der Waals surface area contributed by atoms with Crippen molar-refractivity contribution in [3.63, 3.8) is 0 Å². The van der Waals surface area contributed by atoms with E-state index in [0.717, 1.165) is 11.3 Å². The molecule has 2 aromatic rings. The number of amides is 2. The van der Waals surface area contributed by atoms with E-state index in [1.807, 2.05) is 38.1 Å². The number of para-hydroxylation sites is 1. The first kappa shape index (κ1) is 20.0. The van der Waals surface area contributed by atoms with Crippen LogP contribution in [0.1, 0.15) is 25.8 Å². The van der Waals surface area contributed by atoms with Crippen molar-refractivity contribution in [2.45, 2.75) is 20.3 Å². The van der Waals surface area contributed by atoms with Crippen LogP contribution in [-0.2, 0) is 9.59 Å². The maximum Gasteiger partial charge on any atom is 0.249 e. The Bertz CT molecular complexity index is 788. The number of carbonyl (C=O) groups excluding carboxylic acids is 2. The first-order valence-corrected chi connectivity index (χ1v) is 8.68. The molecule has 0 spiro atoms. The summed E-state index contributed by atoms with van der Waals surface area (Å²) < 4.78 is 10.8. The van der Waals surface area contributed by atoms with Gasteiger partial charge in [0.05, 0.1) is 19.4 Å². The minimum atomic E-state index is -0.511. The molecule has 2 amide bonds. The van der Waals surface area contributed by atoms with Gasteiger partial charge >= 0.3 is 0 Å². The average molecular weight is 369 g/mol. The number of hydrazone groups is 1. The number of ether oxygens (including phenoxy) is 2. The van der Waals surface area contributed by atoms with Crippen molar-refractivity contribution in [2.24, 2.45) is 5.10 Å². The Balaban J connectivity index is 1.82. The molecule has 0 aromatic heterocycles. The Morgan fingerprint density at radius 1 is 0.963 bits per heavy atom. The van der Waals surface area contributed by atoms with Crippen LogP contribution in [0.5, 0.6) is 11.5 Å². The van der Waals surface area contributed by atoms with Crippen LogP contribution in [-0.4, -0.2) is 31.2 Å². The maximum atomic E-state index is 11.9. The maximum absolute atomic E-state index is 11.9. The van der Waals surface area contributed by atoms with E-state index in [1.165, 1.54) is 6.21 Å². The second-order valence-corrected chi connectivity index (χ2v) is 5.45. The molecule has 0 saturated heterocycles. The zero-order chi connectivity index (χ0) is 19.5. The number of anilines is 1. The summed E-state index contributed by atoms with van der Waals surface area (Å²) in [5, 5.41) is 6.52. The number of carbonyl (C=O) groups is 2. The lowest BCUT2D eigenvalue weighted by Gasteiger charge is -2.07. The molecule has 0 aliphatic heterocycles. The van der Waals surface area contributed by atoms with E-state index >= 15 is 0 Å². The van der Waals surface area contributed by atoms with E-state index in [1.54, 1.807) is 24.3 Å². The van der Waals surface area contributed by atoms with Gasteiger partial charge in [0.1, 0.15) is 17.9 Å². The minimum absolute atomic E-state index is 0.336. The zero-order valence-electron chi connectivity index (χ0n) is 15.4. The summed E-state index contributed by atoms with van der Waals surface area (Å²) >= 11 is 0. The smallest absolute Gasteiger partial charge is 0.249 e. The molecule has 0 radical (unpaired) electrons. The molecule has 0 saturated carbocycles. The third kappa shape index (κ3) is 6.81. The highest BCUT2D eigenvalue weighted by Crippen LogP contribution is 2.16. The topological polar surface area (TPSA) is 89.0 Å². The molecule has 0 unspecified atom stereocenters. The second kappa shape index (κ2) is 10.6. The molecule has 2 rings (SSSR count). The fourth-order valence-electron chi connectivity index (χ4n) is 2.24. The second-order valence-electron chi connectivity index (χ2n) is 5.45. The molecule has 27 heavy (non-hydrogen) atoms. The van der Waals surface area contributed by atoms with Crippen molar-refractivity contribution in [3.05, 3.63) is 54.1 Å². The number of benzene rings is 2. The molecule has 7 nitrogen and oxygen atoms in total. The summed E-state index contributed by atoms with van der Waals surface area (Å²) in [4.78, 5) is 23.8. The number of rotatable bonds is 9. The van der Waals surface area contributed by atoms with Crippen molar-refractivity contribution in [1.82, 2.24) is 5.43 Å². The fraction of sp³-hybridized carbons (Fsp3) is 0.250. The molecule has 2 aromatic carbocycles. The number of nitrogens with one attached hydrogen (secondary N) is 2. The van der Waals surface area contributed by atoms with Gasteiger partial charge in [0, 0.05) is 11.3 Å². The molecule has 0 aliphatic carbocycles. The van der Waals surface area contributed by atoms with Gasteiger partial charge in [-0.3, -0.25) is 9.59 Å². The first-order valence-electron chi connectivity index (χ1n) is 8.68. The Labute approximate surface area is 158 Å². The van der Waals surface area contributed by atoms with Gasteiger partial charge < -0.3 is 14.8 Å². The Morgan fingerprint density at radius 2 is 1.67 bits per heavy atom. The number of hydrogen-bond acceptors (Lipinski definition) is 5. The predicted octanol–water partition coefficient (Wildman–Crippen LogP) is 2.96. The highest BCUT2D eigenvalue weighted by molar-refractivity contribution is 6.03. The van der Waals surface area contributed by atoms with Crippen molar-refractivity contribution in [2.75, 3.05) is 18.5 Å². The highest BCUT2D eigenvalue weighted by atomic mass is 16.5. The van der Waals surface area contributed by atoms with Gasteiger partial charge in [-0.1, -0.05) is 12.1 Å². The van der Waals surface area contributed by atoms with E-state index < -0.39 is 11.8 Å². The molecule has 0 fully saturated rings. The van der Waals surface area contributed by atoms with Crippen LogP contribution < -0.4 is 20.2 Å². The highest BCUT2D eigenvalue weighted by Gasteiger charge is 2.09. The van der Waals surface area contributed by atoms with Gasteiger partial charge in [-0.05, 0) is 50.2 Å². The van der Waals surface area contributed by atoms with Gasteiger partial charge in [-0.15, -0.1) is 0 Å². The van der Waals surface area contributed by atoms with Crippen LogP contribution in [0.2, 0.25) is 0 Å². The first-order chi connectivity index (χ1) is 13.1. The monoisotopic (exact) mass is 369 g/mol. The molecule has 0 atom stereocenters. The van der Waals surface area contributed by atoms with E-state index in [2.05, 4.69) is 15.8 Å². The van der Waals surface area contributed by atoms with E-state index in [9.17, 15) is 9.59 Å². The van der Waals surface area contributed by atoms with Crippen LogP contribution in [0.25, 0.3) is 0 Å². The molecule has 0 heterocycles. The molecule has 0 bridgehead atoms. The van der Waals surface area contributed by atoms with E-state index in [4.69, 9.17) is 9.47 Å². The normalized spacial score (nSPS) is 10.4. The van der Waals surface area contributed by atoms with E-state index in [-0.39, 0.29) is 6.42 Å². The Kier molecular flexibility index (Phi) is 7.84. The van der Waals surface area contributed by atoms with Gasteiger partial charge in [-0.2, -0.15) is 5.10 Å². The Morgan fingerprint density at radius 3 is 2.37 bits per heavy atom. The third-order valence-electron chi connectivity index (χ3n) is 3.38. The van der Waals surface area contributed by atoms with Crippen molar-refractivity contribution < 1.29 is 19.1 Å². The summed E-state index contributed by atoms with van der Waals surface area (Å²) in [6.07, 6.45) is 1.14. The molecule has 7 heteroatoms. The van der Waals surface area contributed by atoms with Crippen LogP contribution in [0.15, 0.2) is 53.6 Å². The van der Waals surface area contributed by atoms with Gasteiger partial charge in [0.15, 0.2) is 0 Å². The summed E-state index contributed by atoms with van der Waals surface area (Å²) in [6, 6.07) is 14.3. The SMILES string of the molecule is CCOc1ccc(NC(=O)CC(=O)NN=Cc2ccccc2OCC)cc1. The molecule has 142 valence electrons. The molecule has 2 N–H and O–H groups in total. The lowest BCUT2D eigenvalue weighted by atomic mass is 10.2. The predicted molar refractivity (Wildman–Crippen MR) is 104 cm³/mol. The number of nitrogens with zero attached hydrogens (tertiary/aromatic N) is 1. The molecular formula is C20H23N3O4. The standard InChI is InChI=1S/C20H23N3O4/c1-3-26-17-11-9-16(10-12-17)22-19(24)13-20(25)23-21-14-15-7-5-6-8-18(15)27-4-2/h5-12,14H,3-4,13H2,1-2H3,(H,22,24)(H,23,25). The van der Waals surface area contributed by atoms with E-state index in [0.29, 0.717) is 24.7 Å². The summed E-state index contributed by atoms with van der Waals surface area (Å²) in [6.45, 7) is 4.88. The quantitative estimate of drug-likeness (QED) is 0.404. The fourth-order valence-corrected chi connectivity index (χ4v) is 2.24. The molecule has 0 aliphatic rings. The number of hydrogen-bond donors (Lipinski definition) is 2. The third-order valence-corrected chi connectivity index (χ3v) is 3.38. The Hall–Kier alpha value is -3.35. The molecular weight excluding hydrogens is 346 g/mol. The van der Waals surface area contributed by atoms with Gasteiger partial charge in [-0.25, -0.2) is 5.43 Å². The van der Waals surface area contributed by atoms with Gasteiger partial charge in [0.2, 0.25) is 11.8 Å². The lowest BCUT2D eigenvalue weighted by Crippen LogP contribution is -2.24. The summed E-state index contributed by atoms with van der Waals surface area (Å²) in [5.74, 6) is 0.450. The summed E-state index contributed by atoms with van der Waals surface area (Å²) in [5.41, 5.74) is 3.66. The van der Waals surface area contributed by atoms with Crippen molar-refractivity contribution in [3.8, 4) is 11.5 Å². The largest absolute Gasteiger partial charge is 0.494 e. The van der Waals surface area contributed by atoms with Crippen LogP contribution in [0.3, 0.4) is 0 Å². The zero-order valence-corrected chi connectivity index (χ0v) is 15.4. The van der Waals surface area contributed by atoms with Crippen LogP contribution >= 0.6 is 0 Å².